The lowest BCUT2D eigenvalue weighted by atomic mass is 10.2. The second-order valence-corrected chi connectivity index (χ2v) is 4.45. The van der Waals surface area contributed by atoms with Crippen molar-refractivity contribution in [3.05, 3.63) is 41.7 Å². The summed E-state index contributed by atoms with van der Waals surface area (Å²) in [5.41, 5.74) is 2.48. The van der Waals surface area contributed by atoms with Crippen molar-refractivity contribution in [3.63, 3.8) is 0 Å². The predicted octanol–water partition coefficient (Wildman–Crippen LogP) is 2.63. The van der Waals surface area contributed by atoms with Gasteiger partial charge in [-0.05, 0) is 31.0 Å². The molecule has 0 N–H and O–H groups in total. The van der Waals surface area contributed by atoms with Crippen LogP contribution in [0.15, 0.2) is 30.5 Å². The van der Waals surface area contributed by atoms with Gasteiger partial charge in [0.1, 0.15) is 11.8 Å². The van der Waals surface area contributed by atoms with Gasteiger partial charge < -0.3 is 4.74 Å². The summed E-state index contributed by atoms with van der Waals surface area (Å²) >= 11 is 0. The maximum atomic E-state index is 9.14. The highest BCUT2D eigenvalue weighted by molar-refractivity contribution is 5.52. The molecule has 1 saturated carbocycles. The van der Waals surface area contributed by atoms with Gasteiger partial charge in [0.25, 0.3) is 0 Å². The van der Waals surface area contributed by atoms with E-state index >= 15 is 0 Å². The first-order valence-electron chi connectivity index (χ1n) is 5.96. The maximum Gasteiger partial charge on any atom is 0.121 e. The monoisotopic (exact) mass is 239 g/mol. The van der Waals surface area contributed by atoms with Gasteiger partial charge in [-0.15, -0.1) is 0 Å². The van der Waals surface area contributed by atoms with E-state index < -0.39 is 0 Å². The summed E-state index contributed by atoms with van der Waals surface area (Å²) in [6.45, 7) is 0. The van der Waals surface area contributed by atoms with Gasteiger partial charge in [-0.25, -0.2) is 4.68 Å². The van der Waals surface area contributed by atoms with Crippen LogP contribution in [0.5, 0.6) is 5.75 Å². The van der Waals surface area contributed by atoms with E-state index in [-0.39, 0.29) is 0 Å². The molecule has 0 saturated heterocycles. The Balaban J connectivity index is 2.05. The van der Waals surface area contributed by atoms with E-state index in [1.165, 1.54) is 12.8 Å². The molecule has 0 aliphatic heterocycles. The first-order valence-corrected chi connectivity index (χ1v) is 5.96. The van der Waals surface area contributed by atoms with Crippen LogP contribution < -0.4 is 4.74 Å². The molecule has 0 unspecified atom stereocenters. The van der Waals surface area contributed by atoms with Crippen LogP contribution >= 0.6 is 0 Å². The summed E-state index contributed by atoms with van der Waals surface area (Å²) in [5, 5.41) is 13.7. The lowest BCUT2D eigenvalue weighted by molar-refractivity contribution is 0.414. The molecule has 0 spiro atoms. The molecular weight excluding hydrogens is 226 g/mol. The molecule has 90 valence electrons. The number of hydrogen-bond acceptors (Lipinski definition) is 3. The minimum absolute atomic E-state index is 0.598. The Morgan fingerprint density at radius 2 is 2.22 bits per heavy atom. The van der Waals surface area contributed by atoms with Crippen molar-refractivity contribution in [2.45, 2.75) is 18.8 Å². The standard InChI is InChI=1S/C14H13N3O/c1-18-12-5-4-11(9-15)14(8-12)17-7-6-13(16-17)10-2-3-10/h4-8,10H,2-3H2,1H3. The van der Waals surface area contributed by atoms with E-state index in [0.29, 0.717) is 11.5 Å². The number of ether oxygens (including phenoxy) is 1. The summed E-state index contributed by atoms with van der Waals surface area (Å²) in [6, 6.07) is 9.59. The number of rotatable bonds is 3. The first kappa shape index (κ1) is 10.8. The Hall–Kier alpha value is -2.28. The lowest BCUT2D eigenvalue weighted by Crippen LogP contribution is -1.99. The van der Waals surface area contributed by atoms with Gasteiger partial charge in [-0.1, -0.05) is 0 Å². The third-order valence-corrected chi connectivity index (χ3v) is 3.18. The van der Waals surface area contributed by atoms with Crippen molar-refractivity contribution >= 4 is 0 Å². The van der Waals surface area contributed by atoms with E-state index in [2.05, 4.69) is 11.2 Å². The molecule has 0 atom stereocenters. The number of benzene rings is 1. The number of aromatic nitrogens is 2. The molecular formula is C14H13N3O. The lowest BCUT2D eigenvalue weighted by Gasteiger charge is -2.06. The number of nitriles is 1. The van der Waals surface area contributed by atoms with Gasteiger partial charge in [0, 0.05) is 18.2 Å². The predicted molar refractivity (Wildman–Crippen MR) is 66.8 cm³/mol. The van der Waals surface area contributed by atoms with Gasteiger partial charge in [0.15, 0.2) is 0 Å². The fraction of sp³-hybridized carbons (Fsp3) is 0.286. The van der Waals surface area contributed by atoms with Crippen molar-refractivity contribution in [1.29, 1.82) is 5.26 Å². The summed E-state index contributed by atoms with van der Waals surface area (Å²) in [5.74, 6) is 1.34. The third kappa shape index (κ3) is 1.84. The molecule has 0 bridgehead atoms. The van der Waals surface area contributed by atoms with E-state index in [1.54, 1.807) is 23.9 Å². The van der Waals surface area contributed by atoms with Crippen molar-refractivity contribution in [3.8, 4) is 17.5 Å². The van der Waals surface area contributed by atoms with Gasteiger partial charge >= 0.3 is 0 Å². The zero-order valence-corrected chi connectivity index (χ0v) is 10.1. The smallest absolute Gasteiger partial charge is 0.121 e. The molecule has 1 aliphatic carbocycles. The number of hydrogen-bond donors (Lipinski definition) is 0. The molecule has 1 aromatic carbocycles. The minimum atomic E-state index is 0.598. The van der Waals surface area contributed by atoms with Gasteiger partial charge in [0.05, 0.1) is 24.1 Å². The van der Waals surface area contributed by atoms with Crippen LogP contribution in [0, 0.1) is 11.3 Å². The Kier molecular flexibility index (Phi) is 2.52. The van der Waals surface area contributed by atoms with Gasteiger partial charge in [-0.3, -0.25) is 0 Å². The highest BCUT2D eigenvalue weighted by Crippen LogP contribution is 2.39. The van der Waals surface area contributed by atoms with Crippen molar-refractivity contribution < 1.29 is 4.74 Å². The van der Waals surface area contributed by atoms with Gasteiger partial charge in [0.2, 0.25) is 0 Å². The summed E-state index contributed by atoms with van der Waals surface area (Å²) in [4.78, 5) is 0. The summed E-state index contributed by atoms with van der Waals surface area (Å²) < 4.78 is 6.95. The van der Waals surface area contributed by atoms with E-state index in [4.69, 9.17) is 10.00 Å². The molecule has 18 heavy (non-hydrogen) atoms. The van der Waals surface area contributed by atoms with E-state index in [9.17, 15) is 0 Å². The van der Waals surface area contributed by atoms with Crippen LogP contribution in [0.2, 0.25) is 0 Å². The fourth-order valence-corrected chi connectivity index (χ4v) is 1.99. The van der Waals surface area contributed by atoms with Gasteiger partial charge in [-0.2, -0.15) is 10.4 Å². The van der Waals surface area contributed by atoms with E-state index in [0.717, 1.165) is 17.1 Å². The molecule has 1 heterocycles. The van der Waals surface area contributed by atoms with Crippen LogP contribution in [0.25, 0.3) is 5.69 Å². The van der Waals surface area contributed by atoms with Crippen LogP contribution in [-0.4, -0.2) is 16.9 Å². The highest BCUT2D eigenvalue weighted by atomic mass is 16.5. The molecule has 4 heteroatoms. The first-order chi connectivity index (χ1) is 8.81. The molecule has 1 fully saturated rings. The second-order valence-electron chi connectivity index (χ2n) is 4.45. The number of methoxy groups -OCH3 is 1. The minimum Gasteiger partial charge on any atom is -0.497 e. The SMILES string of the molecule is COc1ccc(C#N)c(-n2ccc(C3CC3)n2)c1. The Morgan fingerprint density at radius 1 is 1.39 bits per heavy atom. The molecule has 0 amide bonds. The maximum absolute atomic E-state index is 9.14. The second kappa shape index (κ2) is 4.19. The average molecular weight is 239 g/mol. The molecule has 2 aromatic rings. The molecule has 1 aromatic heterocycles. The van der Waals surface area contributed by atoms with E-state index in [1.807, 2.05) is 18.3 Å². The van der Waals surface area contributed by atoms with Crippen molar-refractivity contribution in [2.75, 3.05) is 7.11 Å². The highest BCUT2D eigenvalue weighted by Gasteiger charge is 2.26. The number of nitrogens with zero attached hydrogens (tertiary/aromatic N) is 3. The fourth-order valence-electron chi connectivity index (χ4n) is 1.99. The third-order valence-electron chi connectivity index (χ3n) is 3.18. The summed E-state index contributed by atoms with van der Waals surface area (Å²) in [6.07, 6.45) is 4.35. The largest absolute Gasteiger partial charge is 0.497 e. The average Bonchev–Trinajstić information content (AvgIpc) is 3.16. The van der Waals surface area contributed by atoms with Crippen molar-refractivity contribution in [1.82, 2.24) is 9.78 Å². The normalized spacial score (nSPS) is 14.2. The van der Waals surface area contributed by atoms with Crippen LogP contribution in [-0.2, 0) is 0 Å². The zero-order chi connectivity index (χ0) is 12.5. The zero-order valence-electron chi connectivity index (χ0n) is 10.1. The molecule has 4 nitrogen and oxygen atoms in total. The quantitative estimate of drug-likeness (QED) is 0.827. The Labute approximate surface area is 105 Å². The Morgan fingerprint density at radius 3 is 2.89 bits per heavy atom. The van der Waals surface area contributed by atoms with Crippen LogP contribution in [0.3, 0.4) is 0 Å². The molecule has 1 aliphatic rings. The summed E-state index contributed by atoms with van der Waals surface area (Å²) in [7, 11) is 1.61. The Bertz CT molecular complexity index is 620. The van der Waals surface area contributed by atoms with Crippen LogP contribution in [0.4, 0.5) is 0 Å². The van der Waals surface area contributed by atoms with Crippen molar-refractivity contribution in [2.24, 2.45) is 0 Å². The molecule has 3 rings (SSSR count). The topological polar surface area (TPSA) is 50.8 Å². The van der Waals surface area contributed by atoms with Crippen LogP contribution in [0.1, 0.15) is 30.0 Å². The molecule has 0 radical (unpaired) electrons.